The van der Waals surface area contributed by atoms with Crippen LogP contribution in [0.2, 0.25) is 0 Å². The van der Waals surface area contributed by atoms with Gasteiger partial charge in [0.1, 0.15) is 0 Å². The molecule has 0 unspecified atom stereocenters. The molecule has 1 fully saturated rings. The third-order valence-electron chi connectivity index (χ3n) is 2.60. The Balaban J connectivity index is 2.67. The van der Waals surface area contributed by atoms with Crippen molar-refractivity contribution in [3.8, 4) is 6.19 Å². The topological polar surface area (TPSA) is 78.9 Å². The molecule has 0 aromatic carbocycles. The molecule has 0 aliphatic heterocycles. The molecule has 0 atom stereocenters. The fourth-order valence-electron chi connectivity index (χ4n) is 1.76. The number of hydrogen-bond donors (Lipinski definition) is 2. The Bertz CT molecular complexity index is 213. The second-order valence-corrected chi connectivity index (χ2v) is 3.26. The van der Waals surface area contributed by atoms with E-state index in [0.29, 0.717) is 6.54 Å². The van der Waals surface area contributed by atoms with E-state index in [1.807, 2.05) is 0 Å². The number of nitrogens with two attached hydrogens (primary N) is 1. The lowest BCUT2D eigenvalue weighted by atomic mass is 9.85. The number of carbonyl (C=O) groups excluding carboxylic acids is 1. The van der Waals surface area contributed by atoms with Crippen molar-refractivity contribution in [2.24, 2.45) is 11.1 Å². The molecule has 0 bridgehead atoms. The lowest BCUT2D eigenvalue weighted by Crippen LogP contribution is -2.42. The SMILES string of the molecule is N#CNC(=O)C1(CN)CCCC1. The maximum Gasteiger partial charge on any atom is 0.240 e. The molecule has 0 aromatic heterocycles. The first-order valence-corrected chi connectivity index (χ1v) is 4.15. The van der Waals surface area contributed by atoms with Crippen molar-refractivity contribution in [3.05, 3.63) is 0 Å². The van der Waals surface area contributed by atoms with Gasteiger partial charge in [0.25, 0.3) is 0 Å². The van der Waals surface area contributed by atoms with Crippen LogP contribution in [0.4, 0.5) is 0 Å². The van der Waals surface area contributed by atoms with E-state index in [-0.39, 0.29) is 5.91 Å². The van der Waals surface area contributed by atoms with Gasteiger partial charge in [-0.25, -0.2) is 0 Å². The maximum absolute atomic E-state index is 11.4. The summed E-state index contributed by atoms with van der Waals surface area (Å²) < 4.78 is 0. The monoisotopic (exact) mass is 167 g/mol. The summed E-state index contributed by atoms with van der Waals surface area (Å²) in [6, 6.07) is 0. The molecule has 0 aromatic rings. The molecule has 0 radical (unpaired) electrons. The highest BCUT2D eigenvalue weighted by molar-refractivity contribution is 5.84. The number of hydrogen-bond acceptors (Lipinski definition) is 3. The van der Waals surface area contributed by atoms with Crippen LogP contribution in [0.5, 0.6) is 0 Å². The number of rotatable bonds is 2. The fourth-order valence-corrected chi connectivity index (χ4v) is 1.76. The molecule has 4 nitrogen and oxygen atoms in total. The van der Waals surface area contributed by atoms with Crippen LogP contribution in [0.25, 0.3) is 0 Å². The maximum atomic E-state index is 11.4. The van der Waals surface area contributed by atoms with E-state index in [4.69, 9.17) is 11.0 Å². The Morgan fingerprint density at radius 3 is 2.58 bits per heavy atom. The van der Waals surface area contributed by atoms with Gasteiger partial charge in [-0.1, -0.05) is 12.8 Å². The number of carbonyl (C=O) groups is 1. The molecule has 1 aliphatic rings. The van der Waals surface area contributed by atoms with Crippen LogP contribution in [-0.4, -0.2) is 12.5 Å². The van der Waals surface area contributed by atoms with Crippen LogP contribution in [0.15, 0.2) is 0 Å². The molecule has 1 rings (SSSR count). The molecular formula is C8H13N3O. The van der Waals surface area contributed by atoms with E-state index >= 15 is 0 Å². The molecule has 0 spiro atoms. The summed E-state index contributed by atoms with van der Waals surface area (Å²) in [5.74, 6) is -0.204. The summed E-state index contributed by atoms with van der Waals surface area (Å²) in [6.45, 7) is 0.348. The number of nitriles is 1. The molecule has 1 saturated carbocycles. The Labute approximate surface area is 71.7 Å². The molecule has 66 valence electrons. The largest absolute Gasteiger partial charge is 0.329 e. The number of nitrogens with one attached hydrogen (secondary N) is 1. The third kappa shape index (κ3) is 1.41. The van der Waals surface area contributed by atoms with Crippen LogP contribution in [0.3, 0.4) is 0 Å². The fraction of sp³-hybridized carbons (Fsp3) is 0.750. The highest BCUT2D eigenvalue weighted by atomic mass is 16.2. The van der Waals surface area contributed by atoms with Gasteiger partial charge in [0.05, 0.1) is 5.41 Å². The van der Waals surface area contributed by atoms with Crippen molar-refractivity contribution in [1.29, 1.82) is 5.26 Å². The Hall–Kier alpha value is -1.08. The van der Waals surface area contributed by atoms with Crippen molar-refractivity contribution >= 4 is 5.91 Å². The smallest absolute Gasteiger partial charge is 0.240 e. The number of amides is 1. The van der Waals surface area contributed by atoms with Gasteiger partial charge in [-0.2, -0.15) is 5.26 Å². The normalized spacial score (nSPS) is 20.0. The van der Waals surface area contributed by atoms with Crippen molar-refractivity contribution in [3.63, 3.8) is 0 Å². The zero-order valence-corrected chi connectivity index (χ0v) is 6.97. The van der Waals surface area contributed by atoms with E-state index in [9.17, 15) is 4.79 Å². The van der Waals surface area contributed by atoms with Crippen molar-refractivity contribution < 1.29 is 4.79 Å². The van der Waals surface area contributed by atoms with Crippen molar-refractivity contribution in [2.45, 2.75) is 25.7 Å². The van der Waals surface area contributed by atoms with Crippen LogP contribution in [0, 0.1) is 16.9 Å². The summed E-state index contributed by atoms with van der Waals surface area (Å²) in [5, 5.41) is 10.5. The molecule has 1 aliphatic carbocycles. The second kappa shape index (κ2) is 3.55. The minimum atomic E-state index is -0.449. The standard InChI is InChI=1S/C8H13N3O/c9-5-8(3-1-2-4-8)7(12)11-6-10/h1-5,9H2,(H,11,12). The average molecular weight is 167 g/mol. The molecule has 3 N–H and O–H groups in total. The van der Waals surface area contributed by atoms with E-state index in [1.165, 1.54) is 0 Å². The highest BCUT2D eigenvalue weighted by Crippen LogP contribution is 2.37. The number of nitrogens with zero attached hydrogens (tertiary/aromatic N) is 1. The van der Waals surface area contributed by atoms with Gasteiger partial charge in [-0.05, 0) is 12.8 Å². The van der Waals surface area contributed by atoms with Gasteiger partial charge in [0.15, 0.2) is 6.19 Å². The summed E-state index contributed by atoms with van der Waals surface area (Å²) in [6.07, 6.45) is 5.36. The Morgan fingerprint density at radius 1 is 1.58 bits per heavy atom. The lowest BCUT2D eigenvalue weighted by molar-refractivity contribution is -0.129. The molecule has 0 heterocycles. The van der Waals surface area contributed by atoms with E-state index in [2.05, 4.69) is 5.32 Å². The molecule has 1 amide bonds. The van der Waals surface area contributed by atoms with Crippen LogP contribution in [0.1, 0.15) is 25.7 Å². The van der Waals surface area contributed by atoms with Gasteiger partial charge in [-0.15, -0.1) is 0 Å². The molecule has 0 saturated heterocycles. The van der Waals surface area contributed by atoms with Gasteiger partial charge >= 0.3 is 0 Å². The Morgan fingerprint density at radius 2 is 2.17 bits per heavy atom. The second-order valence-electron chi connectivity index (χ2n) is 3.26. The third-order valence-corrected chi connectivity index (χ3v) is 2.60. The van der Waals surface area contributed by atoms with E-state index in [1.54, 1.807) is 6.19 Å². The summed E-state index contributed by atoms with van der Waals surface area (Å²) in [5.41, 5.74) is 5.08. The predicted molar refractivity (Wildman–Crippen MR) is 43.7 cm³/mol. The van der Waals surface area contributed by atoms with Gasteiger partial charge in [0.2, 0.25) is 5.91 Å². The van der Waals surface area contributed by atoms with Gasteiger partial charge < -0.3 is 5.73 Å². The lowest BCUT2D eigenvalue weighted by Gasteiger charge is -2.23. The van der Waals surface area contributed by atoms with Gasteiger partial charge in [-0.3, -0.25) is 10.1 Å². The highest BCUT2D eigenvalue weighted by Gasteiger charge is 2.39. The Kier molecular flexibility index (Phi) is 2.66. The van der Waals surface area contributed by atoms with Crippen LogP contribution < -0.4 is 11.1 Å². The van der Waals surface area contributed by atoms with Crippen molar-refractivity contribution in [1.82, 2.24) is 5.32 Å². The summed E-state index contributed by atoms with van der Waals surface area (Å²) in [4.78, 5) is 11.4. The first-order valence-electron chi connectivity index (χ1n) is 4.15. The first-order chi connectivity index (χ1) is 5.75. The van der Waals surface area contributed by atoms with E-state index in [0.717, 1.165) is 25.7 Å². The molecular weight excluding hydrogens is 154 g/mol. The van der Waals surface area contributed by atoms with E-state index < -0.39 is 5.41 Å². The average Bonchev–Trinajstić information content (AvgIpc) is 2.54. The molecule has 4 heteroatoms. The predicted octanol–water partition coefficient (Wildman–Crippen LogP) is 0.103. The zero-order valence-electron chi connectivity index (χ0n) is 6.97. The molecule has 12 heavy (non-hydrogen) atoms. The van der Waals surface area contributed by atoms with Gasteiger partial charge in [0, 0.05) is 6.54 Å². The van der Waals surface area contributed by atoms with Crippen LogP contribution in [-0.2, 0) is 4.79 Å². The summed E-state index contributed by atoms with van der Waals surface area (Å²) in [7, 11) is 0. The first kappa shape index (κ1) is 9.01. The van der Waals surface area contributed by atoms with Crippen molar-refractivity contribution in [2.75, 3.05) is 6.54 Å². The summed E-state index contributed by atoms with van der Waals surface area (Å²) >= 11 is 0. The minimum Gasteiger partial charge on any atom is -0.329 e. The quantitative estimate of drug-likeness (QED) is 0.452. The zero-order chi connectivity index (χ0) is 9.03. The van der Waals surface area contributed by atoms with Crippen LogP contribution >= 0.6 is 0 Å². The minimum absolute atomic E-state index is 0.204.